The molecule has 0 radical (unpaired) electrons. The lowest BCUT2D eigenvalue weighted by molar-refractivity contribution is -0.143. The number of hydrogen-bond donors (Lipinski definition) is 2. The van der Waals surface area contributed by atoms with E-state index < -0.39 is 12.0 Å². The Labute approximate surface area is 198 Å². The predicted octanol–water partition coefficient (Wildman–Crippen LogP) is 5.85. The summed E-state index contributed by atoms with van der Waals surface area (Å²) in [5.74, 6) is 2.04. The second kappa shape index (κ2) is 8.74. The number of carbonyl (C=O) groups is 2. The van der Waals surface area contributed by atoms with Crippen LogP contribution in [0.3, 0.4) is 0 Å². The Kier molecular flexibility index (Phi) is 6.07. The number of aliphatic carboxylic acids is 1. The predicted molar refractivity (Wildman–Crippen MR) is 130 cm³/mol. The molecular formula is C29H41NO3. The van der Waals surface area contributed by atoms with Gasteiger partial charge in [0, 0.05) is 0 Å². The zero-order chi connectivity index (χ0) is 23.2. The zero-order valence-corrected chi connectivity index (χ0v) is 20.4. The molecule has 8 atom stereocenters. The molecule has 4 nitrogen and oxygen atoms in total. The van der Waals surface area contributed by atoms with E-state index in [-0.39, 0.29) is 23.7 Å². The zero-order valence-electron chi connectivity index (χ0n) is 20.4. The van der Waals surface area contributed by atoms with E-state index in [9.17, 15) is 14.7 Å². The van der Waals surface area contributed by atoms with Crippen LogP contribution in [0.15, 0.2) is 30.3 Å². The Morgan fingerprint density at radius 2 is 1.82 bits per heavy atom. The summed E-state index contributed by atoms with van der Waals surface area (Å²) < 4.78 is 0. The van der Waals surface area contributed by atoms with Crippen LogP contribution in [0.2, 0.25) is 0 Å². The SMILES string of the molecule is C[C@]12CC[C@H]3[C@@H](CC[C@H]4CCCC[C@@]43C)[C@@H]1CC(C(NC(=O)Cc1ccccc1)C(=O)O)C2. The van der Waals surface area contributed by atoms with E-state index in [1.54, 1.807) is 0 Å². The highest BCUT2D eigenvalue weighted by molar-refractivity contribution is 5.85. The first-order chi connectivity index (χ1) is 15.8. The van der Waals surface area contributed by atoms with Gasteiger partial charge in [-0.15, -0.1) is 0 Å². The molecule has 4 fully saturated rings. The largest absolute Gasteiger partial charge is 0.480 e. The number of benzene rings is 1. The van der Waals surface area contributed by atoms with E-state index in [4.69, 9.17) is 0 Å². The van der Waals surface area contributed by atoms with Crippen LogP contribution in [0.5, 0.6) is 0 Å². The molecule has 2 unspecified atom stereocenters. The third-order valence-corrected chi connectivity index (χ3v) is 10.6. The van der Waals surface area contributed by atoms with Crippen LogP contribution in [-0.4, -0.2) is 23.0 Å². The van der Waals surface area contributed by atoms with Gasteiger partial charge in [0.2, 0.25) is 5.91 Å². The summed E-state index contributed by atoms with van der Waals surface area (Å²) in [5, 5.41) is 13.0. The highest BCUT2D eigenvalue weighted by Crippen LogP contribution is 2.67. The smallest absolute Gasteiger partial charge is 0.326 e. The van der Waals surface area contributed by atoms with Crippen molar-refractivity contribution in [2.24, 2.45) is 40.4 Å². The Hall–Kier alpha value is -1.84. The van der Waals surface area contributed by atoms with Crippen LogP contribution in [0.4, 0.5) is 0 Å². The molecule has 1 amide bonds. The molecule has 1 aromatic carbocycles. The third-order valence-electron chi connectivity index (χ3n) is 10.6. The molecule has 4 saturated carbocycles. The van der Waals surface area contributed by atoms with Gasteiger partial charge in [-0.1, -0.05) is 57.0 Å². The van der Waals surface area contributed by atoms with E-state index >= 15 is 0 Å². The lowest BCUT2D eigenvalue weighted by Gasteiger charge is -2.60. The summed E-state index contributed by atoms with van der Waals surface area (Å²) in [5.41, 5.74) is 1.64. The highest BCUT2D eigenvalue weighted by Gasteiger charge is 2.59. The number of fused-ring (bicyclic) bond motifs is 5. The number of nitrogens with one attached hydrogen (secondary N) is 1. The Morgan fingerprint density at radius 3 is 2.58 bits per heavy atom. The maximum absolute atomic E-state index is 12.7. The van der Waals surface area contributed by atoms with Crippen molar-refractivity contribution in [2.75, 3.05) is 0 Å². The number of rotatable bonds is 5. The van der Waals surface area contributed by atoms with Gasteiger partial charge in [0.25, 0.3) is 0 Å². The Balaban J connectivity index is 1.31. The minimum absolute atomic E-state index is 0.0351. The molecule has 0 heterocycles. The van der Waals surface area contributed by atoms with E-state index in [1.165, 1.54) is 51.4 Å². The molecule has 1 aromatic rings. The molecule has 4 heteroatoms. The fraction of sp³-hybridized carbons (Fsp3) is 0.724. The first kappa shape index (κ1) is 22.9. The molecule has 5 rings (SSSR count). The van der Waals surface area contributed by atoms with Gasteiger partial charge >= 0.3 is 5.97 Å². The maximum atomic E-state index is 12.7. The molecule has 0 saturated heterocycles. The van der Waals surface area contributed by atoms with Gasteiger partial charge < -0.3 is 10.4 Å². The second-order valence-electron chi connectivity index (χ2n) is 12.3. The fourth-order valence-corrected chi connectivity index (χ4v) is 9.05. The second-order valence-corrected chi connectivity index (χ2v) is 12.3. The molecule has 0 aliphatic heterocycles. The van der Waals surface area contributed by atoms with Crippen molar-refractivity contribution in [3.05, 3.63) is 35.9 Å². The normalized spacial score (nSPS) is 40.7. The van der Waals surface area contributed by atoms with Crippen molar-refractivity contribution < 1.29 is 14.7 Å². The van der Waals surface area contributed by atoms with E-state index in [1.807, 2.05) is 30.3 Å². The number of carbonyl (C=O) groups excluding carboxylic acids is 1. The van der Waals surface area contributed by atoms with Crippen molar-refractivity contribution in [3.63, 3.8) is 0 Å². The Morgan fingerprint density at radius 1 is 1.03 bits per heavy atom. The molecule has 4 aliphatic carbocycles. The summed E-state index contributed by atoms with van der Waals surface area (Å²) >= 11 is 0. The minimum Gasteiger partial charge on any atom is -0.480 e. The molecule has 0 bridgehead atoms. The van der Waals surface area contributed by atoms with Crippen molar-refractivity contribution in [1.82, 2.24) is 5.32 Å². The first-order valence-corrected chi connectivity index (χ1v) is 13.4. The highest BCUT2D eigenvalue weighted by atomic mass is 16.4. The van der Waals surface area contributed by atoms with Gasteiger partial charge in [0.05, 0.1) is 6.42 Å². The van der Waals surface area contributed by atoms with Crippen LogP contribution in [-0.2, 0) is 16.0 Å². The number of carboxylic acid groups (broad SMARTS) is 1. The van der Waals surface area contributed by atoms with Crippen molar-refractivity contribution in [2.45, 2.75) is 90.5 Å². The number of amides is 1. The lowest BCUT2D eigenvalue weighted by Crippen LogP contribution is -2.51. The van der Waals surface area contributed by atoms with Gasteiger partial charge in [0.15, 0.2) is 0 Å². The number of hydrogen-bond acceptors (Lipinski definition) is 2. The van der Waals surface area contributed by atoms with Crippen molar-refractivity contribution in [1.29, 1.82) is 0 Å². The van der Waals surface area contributed by atoms with E-state index in [0.29, 0.717) is 11.3 Å². The molecule has 33 heavy (non-hydrogen) atoms. The van der Waals surface area contributed by atoms with Gasteiger partial charge in [-0.3, -0.25) is 4.79 Å². The molecular weight excluding hydrogens is 410 g/mol. The average Bonchev–Trinajstić information content (AvgIpc) is 3.15. The van der Waals surface area contributed by atoms with Crippen LogP contribution >= 0.6 is 0 Å². The lowest BCUT2D eigenvalue weighted by atomic mass is 9.45. The molecule has 0 spiro atoms. The summed E-state index contributed by atoms with van der Waals surface area (Å²) in [7, 11) is 0. The van der Waals surface area contributed by atoms with E-state index in [0.717, 1.165) is 36.2 Å². The standard InChI is InChI=1S/C29H41NO3/c1-28-15-13-23-22(12-11-21-10-6-7-14-29(21,23)2)24(28)17-20(18-28)26(27(32)33)30-25(31)16-19-8-4-3-5-9-19/h3-5,8-9,20-24,26H,6-7,10-18H2,1-2H3,(H,30,31)(H,32,33)/t20?,21-,22-,23+,24+,26?,28-,29+/m1/s1. The summed E-state index contributed by atoms with van der Waals surface area (Å²) in [6.45, 7) is 5.01. The quantitative estimate of drug-likeness (QED) is 0.590. The fourth-order valence-electron chi connectivity index (χ4n) is 9.05. The molecule has 4 aliphatic rings. The topological polar surface area (TPSA) is 66.4 Å². The summed E-state index contributed by atoms with van der Waals surface area (Å²) in [6, 6.07) is 8.82. The van der Waals surface area contributed by atoms with Gasteiger partial charge in [-0.25, -0.2) is 4.79 Å². The van der Waals surface area contributed by atoms with Crippen LogP contribution < -0.4 is 5.32 Å². The first-order valence-electron chi connectivity index (χ1n) is 13.4. The monoisotopic (exact) mass is 451 g/mol. The maximum Gasteiger partial charge on any atom is 0.326 e. The minimum atomic E-state index is -0.872. The number of carboxylic acids is 1. The van der Waals surface area contributed by atoms with Crippen LogP contribution in [0, 0.1) is 40.4 Å². The summed E-state index contributed by atoms with van der Waals surface area (Å²) in [6.07, 6.45) is 13.0. The van der Waals surface area contributed by atoms with Gasteiger partial charge in [-0.05, 0) is 97.3 Å². The third kappa shape index (κ3) is 4.12. The van der Waals surface area contributed by atoms with Crippen LogP contribution in [0.1, 0.15) is 83.6 Å². The van der Waals surface area contributed by atoms with Gasteiger partial charge in [0.1, 0.15) is 6.04 Å². The molecule has 0 aromatic heterocycles. The van der Waals surface area contributed by atoms with Crippen molar-refractivity contribution in [3.8, 4) is 0 Å². The van der Waals surface area contributed by atoms with E-state index in [2.05, 4.69) is 19.2 Å². The molecule has 180 valence electrons. The van der Waals surface area contributed by atoms with Crippen LogP contribution in [0.25, 0.3) is 0 Å². The molecule has 2 N–H and O–H groups in total. The van der Waals surface area contributed by atoms with Gasteiger partial charge in [-0.2, -0.15) is 0 Å². The average molecular weight is 452 g/mol. The summed E-state index contributed by atoms with van der Waals surface area (Å²) in [4.78, 5) is 25.0. The Bertz CT molecular complexity index is 884. The van der Waals surface area contributed by atoms with Crippen molar-refractivity contribution >= 4 is 11.9 Å².